The van der Waals surface area contributed by atoms with Gasteiger partial charge in [-0.15, -0.1) is 12.4 Å². The number of ether oxygens (including phenoxy) is 1. The van der Waals surface area contributed by atoms with Crippen molar-refractivity contribution in [2.75, 3.05) is 13.2 Å². The molecule has 114 valence electrons. The largest absolute Gasteiger partial charge is 0.369 e. The van der Waals surface area contributed by atoms with Gasteiger partial charge in [0.05, 0.1) is 12.3 Å². The minimum atomic E-state index is 0. The lowest BCUT2D eigenvalue weighted by atomic mass is 10.0. The molecule has 1 aromatic carbocycles. The summed E-state index contributed by atoms with van der Waals surface area (Å²) in [5.74, 6) is 0. The number of morpholine rings is 1. The van der Waals surface area contributed by atoms with Crippen molar-refractivity contribution >= 4 is 24.0 Å². The zero-order valence-electron chi connectivity index (χ0n) is 11.8. The molecule has 1 saturated heterocycles. The normalized spacial score (nSPS) is 21.8. The summed E-state index contributed by atoms with van der Waals surface area (Å²) >= 11 is 5.89. The Balaban J connectivity index is 0.00000161. The highest BCUT2D eigenvalue weighted by molar-refractivity contribution is 6.30. The highest BCUT2D eigenvalue weighted by atomic mass is 35.5. The van der Waals surface area contributed by atoms with E-state index in [1.165, 1.54) is 5.56 Å². The van der Waals surface area contributed by atoms with E-state index in [0.717, 1.165) is 23.7 Å². The Morgan fingerprint density at radius 2 is 2.10 bits per heavy atom. The summed E-state index contributed by atoms with van der Waals surface area (Å²) in [7, 11) is 1.92. The lowest BCUT2D eigenvalue weighted by Gasteiger charge is -2.29. The molecular weight excluding hydrogens is 309 g/mol. The van der Waals surface area contributed by atoms with Crippen molar-refractivity contribution in [1.82, 2.24) is 15.1 Å². The molecule has 1 fully saturated rings. The van der Waals surface area contributed by atoms with Gasteiger partial charge in [0.1, 0.15) is 6.10 Å². The highest BCUT2D eigenvalue weighted by Gasteiger charge is 2.23. The quantitative estimate of drug-likeness (QED) is 0.942. The maximum Gasteiger partial charge on any atom is 0.114 e. The molecule has 1 aliphatic heterocycles. The Morgan fingerprint density at radius 1 is 1.33 bits per heavy atom. The van der Waals surface area contributed by atoms with Crippen molar-refractivity contribution in [3.05, 3.63) is 52.8 Å². The molecule has 0 saturated carbocycles. The van der Waals surface area contributed by atoms with Crippen LogP contribution in [-0.4, -0.2) is 29.0 Å². The molecule has 0 unspecified atom stereocenters. The maximum atomic E-state index is 5.92. The summed E-state index contributed by atoms with van der Waals surface area (Å²) in [6.07, 6.45) is 2.95. The van der Waals surface area contributed by atoms with E-state index in [1.54, 1.807) is 4.68 Å². The van der Waals surface area contributed by atoms with E-state index in [9.17, 15) is 0 Å². The van der Waals surface area contributed by atoms with Gasteiger partial charge in [-0.05, 0) is 30.2 Å². The minimum Gasteiger partial charge on any atom is -0.369 e. The monoisotopic (exact) mass is 327 g/mol. The second kappa shape index (κ2) is 7.27. The van der Waals surface area contributed by atoms with Crippen LogP contribution in [0.25, 0.3) is 0 Å². The molecule has 3 rings (SSSR count). The van der Waals surface area contributed by atoms with E-state index in [1.807, 2.05) is 31.4 Å². The summed E-state index contributed by atoms with van der Waals surface area (Å²) in [6.45, 7) is 1.50. The maximum absolute atomic E-state index is 5.92. The smallest absolute Gasteiger partial charge is 0.114 e. The van der Waals surface area contributed by atoms with Gasteiger partial charge in [-0.3, -0.25) is 4.68 Å². The first kappa shape index (κ1) is 16.3. The average Bonchev–Trinajstić information content (AvgIpc) is 2.89. The van der Waals surface area contributed by atoms with Crippen LogP contribution in [-0.2, 0) is 18.2 Å². The van der Waals surface area contributed by atoms with Gasteiger partial charge in [-0.25, -0.2) is 0 Å². The molecule has 1 aromatic heterocycles. The van der Waals surface area contributed by atoms with Gasteiger partial charge in [0.2, 0.25) is 0 Å². The number of aromatic nitrogens is 2. The van der Waals surface area contributed by atoms with Crippen LogP contribution in [0.15, 0.2) is 36.5 Å². The molecule has 2 atom stereocenters. The second-order valence-corrected chi connectivity index (χ2v) is 5.61. The lowest BCUT2D eigenvalue weighted by molar-refractivity contribution is 0.000438. The predicted molar refractivity (Wildman–Crippen MR) is 86.1 cm³/mol. The fourth-order valence-electron chi connectivity index (χ4n) is 2.45. The van der Waals surface area contributed by atoms with Crippen LogP contribution in [0, 0.1) is 0 Å². The first-order chi connectivity index (χ1) is 9.70. The fourth-order valence-corrected chi connectivity index (χ4v) is 2.58. The molecule has 2 aromatic rings. The summed E-state index contributed by atoms with van der Waals surface area (Å²) in [6, 6.07) is 10.3. The van der Waals surface area contributed by atoms with Crippen LogP contribution in [0.2, 0.25) is 5.02 Å². The van der Waals surface area contributed by atoms with E-state index in [0.29, 0.717) is 12.6 Å². The Bertz CT molecular complexity index is 563. The number of halogens is 2. The molecule has 0 radical (unpaired) electrons. The summed E-state index contributed by atoms with van der Waals surface area (Å²) < 4.78 is 7.73. The number of nitrogens with zero attached hydrogens (tertiary/aromatic N) is 2. The fraction of sp³-hybridized carbons (Fsp3) is 0.400. The molecule has 1 N–H and O–H groups in total. The third-order valence-corrected chi connectivity index (χ3v) is 3.80. The number of rotatable bonds is 3. The summed E-state index contributed by atoms with van der Waals surface area (Å²) in [5, 5.41) is 8.70. The van der Waals surface area contributed by atoms with Crippen LogP contribution in [0.5, 0.6) is 0 Å². The number of benzene rings is 1. The topological polar surface area (TPSA) is 39.1 Å². The van der Waals surface area contributed by atoms with Gasteiger partial charge >= 0.3 is 0 Å². The van der Waals surface area contributed by atoms with E-state index in [4.69, 9.17) is 16.3 Å². The van der Waals surface area contributed by atoms with Crippen molar-refractivity contribution in [3.8, 4) is 0 Å². The molecular formula is C15H19Cl2N3O. The first-order valence-electron chi connectivity index (χ1n) is 6.79. The van der Waals surface area contributed by atoms with Gasteiger partial charge in [0.15, 0.2) is 0 Å². The minimum absolute atomic E-state index is 0. The van der Waals surface area contributed by atoms with Crippen molar-refractivity contribution in [2.24, 2.45) is 7.05 Å². The molecule has 0 spiro atoms. The highest BCUT2D eigenvalue weighted by Crippen LogP contribution is 2.19. The number of nitrogens with one attached hydrogen (secondary N) is 1. The van der Waals surface area contributed by atoms with E-state index >= 15 is 0 Å². The van der Waals surface area contributed by atoms with Gasteiger partial charge in [-0.1, -0.05) is 23.7 Å². The van der Waals surface area contributed by atoms with Crippen molar-refractivity contribution in [1.29, 1.82) is 0 Å². The van der Waals surface area contributed by atoms with Gasteiger partial charge < -0.3 is 10.1 Å². The van der Waals surface area contributed by atoms with Crippen molar-refractivity contribution in [2.45, 2.75) is 18.6 Å². The Labute approximate surface area is 135 Å². The van der Waals surface area contributed by atoms with Crippen LogP contribution in [0.4, 0.5) is 0 Å². The molecule has 2 heterocycles. The number of hydrogen-bond donors (Lipinski definition) is 1. The SMILES string of the molecule is Cl.Cn1ccc([C@H]2CN[C@@H](Cc3ccc(Cl)cc3)CO2)n1. The van der Waals surface area contributed by atoms with Crippen LogP contribution in [0.3, 0.4) is 0 Å². The zero-order chi connectivity index (χ0) is 13.9. The zero-order valence-corrected chi connectivity index (χ0v) is 13.4. The predicted octanol–water partition coefficient (Wildman–Crippen LogP) is 2.77. The van der Waals surface area contributed by atoms with Crippen molar-refractivity contribution < 1.29 is 4.74 Å². The molecule has 4 nitrogen and oxygen atoms in total. The van der Waals surface area contributed by atoms with E-state index in [2.05, 4.69) is 22.5 Å². The summed E-state index contributed by atoms with van der Waals surface area (Å²) in [4.78, 5) is 0. The van der Waals surface area contributed by atoms with E-state index in [-0.39, 0.29) is 18.5 Å². The molecule has 6 heteroatoms. The van der Waals surface area contributed by atoms with Crippen LogP contribution >= 0.6 is 24.0 Å². The molecule has 21 heavy (non-hydrogen) atoms. The lowest BCUT2D eigenvalue weighted by Crippen LogP contribution is -2.44. The number of aryl methyl sites for hydroxylation is 1. The van der Waals surface area contributed by atoms with Gasteiger partial charge in [0.25, 0.3) is 0 Å². The summed E-state index contributed by atoms with van der Waals surface area (Å²) in [5.41, 5.74) is 2.26. The second-order valence-electron chi connectivity index (χ2n) is 5.17. The van der Waals surface area contributed by atoms with Gasteiger partial charge in [-0.2, -0.15) is 5.10 Å². The van der Waals surface area contributed by atoms with Gasteiger partial charge in [0, 0.05) is 30.9 Å². The molecule has 1 aliphatic rings. The van der Waals surface area contributed by atoms with Crippen molar-refractivity contribution in [3.63, 3.8) is 0 Å². The van der Waals surface area contributed by atoms with Crippen LogP contribution in [0.1, 0.15) is 17.4 Å². The molecule has 0 bridgehead atoms. The standard InChI is InChI=1S/C15H18ClN3O.ClH/c1-19-7-6-14(18-19)15-9-17-13(10-20-15)8-11-2-4-12(16)5-3-11;/h2-7,13,15,17H,8-10H2,1H3;1H/t13-,15+;/m0./s1. The Hall–Kier alpha value is -1.07. The Kier molecular flexibility index (Phi) is 5.65. The average molecular weight is 328 g/mol. The molecule has 0 aliphatic carbocycles. The third kappa shape index (κ3) is 4.20. The molecule has 0 amide bonds. The third-order valence-electron chi connectivity index (χ3n) is 3.55. The first-order valence-corrected chi connectivity index (χ1v) is 7.17. The van der Waals surface area contributed by atoms with Crippen LogP contribution < -0.4 is 5.32 Å². The number of hydrogen-bond acceptors (Lipinski definition) is 3. The Morgan fingerprint density at radius 3 is 2.67 bits per heavy atom. The van der Waals surface area contributed by atoms with E-state index < -0.39 is 0 Å².